The minimum atomic E-state index is -0.127. The highest BCUT2D eigenvalue weighted by molar-refractivity contribution is 6.30. The molecule has 1 atom stereocenters. The Bertz CT molecular complexity index is 484. The van der Waals surface area contributed by atoms with E-state index < -0.39 is 0 Å². The highest BCUT2D eigenvalue weighted by atomic mass is 35.5. The number of anilines is 1. The minimum absolute atomic E-state index is 0.0284. The molecule has 0 spiro atoms. The van der Waals surface area contributed by atoms with Crippen LogP contribution in [0.1, 0.15) is 35.2 Å². The van der Waals surface area contributed by atoms with Gasteiger partial charge in [-0.3, -0.25) is 9.59 Å². The van der Waals surface area contributed by atoms with Gasteiger partial charge in [0.2, 0.25) is 5.91 Å². The first-order valence-corrected chi connectivity index (χ1v) is 6.14. The normalized spacial score (nSPS) is 18.4. The topological polar surface area (TPSA) is 37.4 Å². The van der Waals surface area contributed by atoms with Crippen molar-refractivity contribution in [1.29, 1.82) is 0 Å². The third-order valence-corrected chi connectivity index (χ3v) is 3.49. The lowest BCUT2D eigenvalue weighted by molar-refractivity contribution is -0.119. The Labute approximate surface area is 105 Å². The van der Waals surface area contributed by atoms with Crippen LogP contribution in [0.5, 0.6) is 0 Å². The smallest absolute Gasteiger partial charge is 0.234 e. The van der Waals surface area contributed by atoms with Crippen molar-refractivity contribution in [2.75, 3.05) is 17.8 Å². The van der Waals surface area contributed by atoms with Gasteiger partial charge >= 0.3 is 0 Å². The fourth-order valence-electron chi connectivity index (χ4n) is 2.27. The number of halogens is 1. The molecule has 1 heterocycles. The van der Waals surface area contributed by atoms with Crippen LogP contribution in [0.25, 0.3) is 0 Å². The molecule has 1 aromatic carbocycles. The Hall–Kier alpha value is -1.35. The summed E-state index contributed by atoms with van der Waals surface area (Å²) in [5.74, 6) is -0.165. The highest BCUT2D eigenvalue weighted by Gasteiger charge is 2.34. The average Bonchev–Trinajstić information content (AvgIpc) is 2.60. The fraction of sp³-hybridized carbons (Fsp3) is 0.385. The number of nitrogens with zero attached hydrogens (tertiary/aromatic N) is 1. The zero-order valence-corrected chi connectivity index (χ0v) is 10.6. The molecule has 0 saturated carbocycles. The number of hydrogen-bond donors (Lipinski definition) is 0. The number of hydrogen-bond acceptors (Lipinski definition) is 2. The van der Waals surface area contributed by atoms with E-state index in [9.17, 15) is 9.59 Å². The number of benzene rings is 1. The van der Waals surface area contributed by atoms with Crippen LogP contribution >= 0.6 is 11.6 Å². The van der Waals surface area contributed by atoms with Gasteiger partial charge in [0.05, 0.1) is 11.8 Å². The molecule has 2 rings (SSSR count). The number of carbonyl (C=O) groups is 2. The molecule has 0 aliphatic carbocycles. The minimum Gasteiger partial charge on any atom is -0.315 e. The predicted octanol–water partition coefficient (Wildman–Crippen LogP) is 2.58. The van der Waals surface area contributed by atoms with Crippen molar-refractivity contribution in [3.8, 4) is 0 Å². The van der Waals surface area contributed by atoms with Crippen LogP contribution in [0.3, 0.4) is 0 Å². The second-order valence-electron chi connectivity index (χ2n) is 4.19. The molecule has 90 valence electrons. The van der Waals surface area contributed by atoms with Gasteiger partial charge in [-0.05, 0) is 30.2 Å². The molecule has 1 aromatic rings. The standard InChI is InChI=1S/C13H14ClNO2/c1-3-9-10-6-8(12(16)7-14)4-5-11(10)15(2)13(9)17/h4-6,9H,3,7H2,1-2H3. The summed E-state index contributed by atoms with van der Waals surface area (Å²) >= 11 is 5.54. The zero-order chi connectivity index (χ0) is 12.6. The van der Waals surface area contributed by atoms with E-state index in [4.69, 9.17) is 11.6 Å². The summed E-state index contributed by atoms with van der Waals surface area (Å²) in [6.07, 6.45) is 0.745. The summed E-state index contributed by atoms with van der Waals surface area (Å²) in [5.41, 5.74) is 2.42. The molecule has 1 unspecified atom stereocenters. The summed E-state index contributed by atoms with van der Waals surface area (Å²) < 4.78 is 0. The molecular formula is C13H14ClNO2. The van der Waals surface area contributed by atoms with E-state index in [2.05, 4.69) is 0 Å². The Morgan fingerprint density at radius 1 is 1.47 bits per heavy atom. The van der Waals surface area contributed by atoms with E-state index >= 15 is 0 Å². The lowest BCUT2D eigenvalue weighted by atomic mass is 9.95. The number of amides is 1. The van der Waals surface area contributed by atoms with Crippen molar-refractivity contribution in [2.24, 2.45) is 0 Å². The van der Waals surface area contributed by atoms with Crippen LogP contribution in [0.2, 0.25) is 0 Å². The molecule has 3 nitrogen and oxygen atoms in total. The summed E-state index contributed by atoms with van der Waals surface area (Å²) in [5, 5.41) is 0. The SMILES string of the molecule is CCC1C(=O)N(C)c2ccc(C(=O)CCl)cc21. The Morgan fingerprint density at radius 3 is 2.76 bits per heavy atom. The van der Waals surface area contributed by atoms with E-state index in [1.54, 1.807) is 24.1 Å². The van der Waals surface area contributed by atoms with Crippen LogP contribution in [-0.4, -0.2) is 24.6 Å². The van der Waals surface area contributed by atoms with Crippen LogP contribution in [-0.2, 0) is 4.79 Å². The van der Waals surface area contributed by atoms with Gasteiger partial charge in [0.1, 0.15) is 0 Å². The maximum absolute atomic E-state index is 12.0. The number of Topliss-reactive ketones (excluding diaryl/α,β-unsaturated/α-hetero) is 1. The van der Waals surface area contributed by atoms with Crippen molar-refractivity contribution in [1.82, 2.24) is 0 Å². The Kier molecular flexibility index (Phi) is 3.20. The summed E-state index contributed by atoms with van der Waals surface area (Å²) in [6, 6.07) is 5.35. The summed E-state index contributed by atoms with van der Waals surface area (Å²) in [6.45, 7) is 1.97. The predicted molar refractivity (Wildman–Crippen MR) is 67.9 cm³/mol. The molecular weight excluding hydrogens is 238 g/mol. The lowest BCUT2D eigenvalue weighted by Crippen LogP contribution is -2.23. The maximum Gasteiger partial charge on any atom is 0.234 e. The van der Waals surface area contributed by atoms with Gasteiger partial charge < -0.3 is 4.90 Å². The lowest BCUT2D eigenvalue weighted by Gasteiger charge is -2.09. The largest absolute Gasteiger partial charge is 0.315 e. The van der Waals surface area contributed by atoms with Crippen molar-refractivity contribution in [2.45, 2.75) is 19.3 Å². The number of rotatable bonds is 3. The number of carbonyl (C=O) groups excluding carboxylic acids is 2. The van der Waals surface area contributed by atoms with Crippen LogP contribution in [0.4, 0.5) is 5.69 Å². The highest BCUT2D eigenvalue weighted by Crippen LogP contribution is 2.38. The summed E-state index contributed by atoms with van der Waals surface area (Å²) in [7, 11) is 1.76. The van der Waals surface area contributed by atoms with Crippen LogP contribution in [0.15, 0.2) is 18.2 Å². The molecule has 1 aliphatic heterocycles. The van der Waals surface area contributed by atoms with Crippen molar-refractivity contribution in [3.05, 3.63) is 29.3 Å². The quantitative estimate of drug-likeness (QED) is 0.612. The number of ketones is 1. The van der Waals surface area contributed by atoms with Gasteiger partial charge in [0, 0.05) is 18.3 Å². The fourth-order valence-corrected chi connectivity index (χ4v) is 2.42. The molecule has 4 heteroatoms. The first-order valence-electron chi connectivity index (χ1n) is 5.60. The van der Waals surface area contributed by atoms with E-state index in [1.165, 1.54) is 0 Å². The summed E-state index contributed by atoms with van der Waals surface area (Å²) in [4.78, 5) is 25.2. The zero-order valence-electron chi connectivity index (χ0n) is 9.87. The third kappa shape index (κ3) is 1.84. The van der Waals surface area contributed by atoms with Crippen molar-refractivity contribution in [3.63, 3.8) is 0 Å². The molecule has 1 aliphatic rings. The van der Waals surface area contributed by atoms with Gasteiger partial charge in [0.25, 0.3) is 0 Å². The van der Waals surface area contributed by atoms with Crippen molar-refractivity contribution >= 4 is 29.0 Å². The van der Waals surface area contributed by atoms with Gasteiger partial charge in [-0.25, -0.2) is 0 Å². The molecule has 17 heavy (non-hydrogen) atoms. The third-order valence-electron chi connectivity index (χ3n) is 3.24. The molecule has 0 N–H and O–H groups in total. The molecule has 0 bridgehead atoms. The van der Waals surface area contributed by atoms with E-state index in [0.29, 0.717) is 5.56 Å². The van der Waals surface area contributed by atoms with E-state index in [1.807, 2.05) is 13.0 Å². The van der Waals surface area contributed by atoms with Crippen molar-refractivity contribution < 1.29 is 9.59 Å². The van der Waals surface area contributed by atoms with E-state index in [-0.39, 0.29) is 23.5 Å². The maximum atomic E-state index is 12.0. The molecule has 1 amide bonds. The molecule has 0 radical (unpaired) electrons. The van der Waals surface area contributed by atoms with E-state index in [0.717, 1.165) is 17.7 Å². The van der Waals surface area contributed by atoms with Crippen LogP contribution in [0, 0.1) is 0 Å². The van der Waals surface area contributed by atoms with Gasteiger partial charge in [-0.2, -0.15) is 0 Å². The molecule has 0 aromatic heterocycles. The van der Waals surface area contributed by atoms with Gasteiger partial charge in [-0.1, -0.05) is 6.92 Å². The second kappa shape index (κ2) is 4.49. The number of alkyl halides is 1. The second-order valence-corrected chi connectivity index (χ2v) is 4.46. The Balaban J connectivity index is 2.49. The molecule has 0 fully saturated rings. The monoisotopic (exact) mass is 251 g/mol. The number of fused-ring (bicyclic) bond motifs is 1. The first kappa shape index (κ1) is 12.1. The van der Waals surface area contributed by atoms with Crippen LogP contribution < -0.4 is 4.90 Å². The van der Waals surface area contributed by atoms with Gasteiger partial charge in [-0.15, -0.1) is 11.6 Å². The average molecular weight is 252 g/mol. The first-order chi connectivity index (χ1) is 8.10. The molecule has 0 saturated heterocycles. The number of likely N-dealkylation sites (N-methyl/N-ethyl adjacent to an activating group) is 1. The van der Waals surface area contributed by atoms with Gasteiger partial charge in [0.15, 0.2) is 5.78 Å². The Morgan fingerprint density at radius 2 is 2.18 bits per heavy atom.